The van der Waals surface area contributed by atoms with Crippen LogP contribution < -0.4 is 15.4 Å². The molecule has 140 valence electrons. The number of benzene rings is 1. The number of nitrogens with two attached hydrogens (primary N) is 1. The molecule has 7 heteroatoms. The first-order valence-corrected chi connectivity index (χ1v) is 9.05. The normalized spacial score (nSPS) is 21.5. The fourth-order valence-corrected chi connectivity index (χ4v) is 3.84. The molecule has 2 heterocycles. The molecule has 0 atom stereocenters. The minimum atomic E-state index is -2.86. The van der Waals surface area contributed by atoms with E-state index >= 15 is 0 Å². The van der Waals surface area contributed by atoms with Gasteiger partial charge in [0, 0.05) is 44.0 Å². The highest BCUT2D eigenvalue weighted by Gasteiger charge is 2.26. The molecule has 3 rings (SSSR count). The molecule has 2 aliphatic heterocycles. The number of anilines is 2. The van der Waals surface area contributed by atoms with Gasteiger partial charge in [-0.2, -0.15) is 8.78 Å². The van der Waals surface area contributed by atoms with E-state index in [-0.39, 0.29) is 11.4 Å². The van der Waals surface area contributed by atoms with Crippen molar-refractivity contribution in [3.63, 3.8) is 0 Å². The van der Waals surface area contributed by atoms with Gasteiger partial charge in [-0.3, -0.25) is 4.90 Å². The highest BCUT2D eigenvalue weighted by atomic mass is 19.3. The Kier molecular flexibility index (Phi) is 5.96. The lowest BCUT2D eigenvalue weighted by Crippen LogP contribution is -2.46. The fourth-order valence-electron chi connectivity index (χ4n) is 3.84. The molecule has 0 spiro atoms. The first kappa shape index (κ1) is 18.2. The number of likely N-dealkylation sites (N-methyl/N-ethyl adjacent to an activating group) is 1. The molecule has 2 saturated heterocycles. The number of ether oxygens (including phenoxy) is 1. The first-order chi connectivity index (χ1) is 12.0. The van der Waals surface area contributed by atoms with E-state index < -0.39 is 6.61 Å². The van der Waals surface area contributed by atoms with E-state index in [0.29, 0.717) is 6.04 Å². The molecule has 2 fully saturated rings. The highest BCUT2D eigenvalue weighted by Crippen LogP contribution is 2.31. The minimum Gasteiger partial charge on any atom is -0.433 e. The lowest BCUT2D eigenvalue weighted by molar-refractivity contribution is -0.0493. The summed E-state index contributed by atoms with van der Waals surface area (Å²) in [5, 5.41) is 0. The summed E-state index contributed by atoms with van der Waals surface area (Å²) in [6, 6.07) is 5.77. The summed E-state index contributed by atoms with van der Waals surface area (Å²) in [5.74, 6) is 0.0604. The zero-order chi connectivity index (χ0) is 17.8. The quantitative estimate of drug-likeness (QED) is 0.842. The van der Waals surface area contributed by atoms with Crippen LogP contribution in [-0.2, 0) is 0 Å². The van der Waals surface area contributed by atoms with Gasteiger partial charge in [0.2, 0.25) is 0 Å². The molecule has 0 bridgehead atoms. The average molecular weight is 354 g/mol. The Bertz CT molecular complexity index is 564. The van der Waals surface area contributed by atoms with E-state index in [1.54, 1.807) is 12.1 Å². The predicted octanol–water partition coefficient (Wildman–Crippen LogP) is 2.48. The van der Waals surface area contributed by atoms with E-state index in [1.165, 1.54) is 19.5 Å². The van der Waals surface area contributed by atoms with Crippen LogP contribution in [0.5, 0.6) is 5.75 Å². The maximum absolute atomic E-state index is 12.5. The van der Waals surface area contributed by atoms with Crippen molar-refractivity contribution in [1.29, 1.82) is 0 Å². The van der Waals surface area contributed by atoms with Crippen LogP contribution in [0.25, 0.3) is 0 Å². The summed E-state index contributed by atoms with van der Waals surface area (Å²) >= 11 is 0. The van der Waals surface area contributed by atoms with Gasteiger partial charge in [0.1, 0.15) is 0 Å². The summed E-state index contributed by atoms with van der Waals surface area (Å²) in [7, 11) is 2.19. The molecule has 25 heavy (non-hydrogen) atoms. The smallest absolute Gasteiger partial charge is 0.387 e. The molecule has 0 unspecified atom stereocenters. The topological polar surface area (TPSA) is 45.0 Å². The van der Waals surface area contributed by atoms with Gasteiger partial charge in [-0.1, -0.05) is 0 Å². The van der Waals surface area contributed by atoms with Crippen LogP contribution in [0.1, 0.15) is 19.3 Å². The molecular formula is C18H28F2N4O. The van der Waals surface area contributed by atoms with Gasteiger partial charge in [0.05, 0.1) is 5.69 Å². The molecule has 0 amide bonds. The van der Waals surface area contributed by atoms with E-state index in [1.807, 2.05) is 6.07 Å². The van der Waals surface area contributed by atoms with Gasteiger partial charge < -0.3 is 20.3 Å². The van der Waals surface area contributed by atoms with Gasteiger partial charge in [-0.05, 0) is 51.5 Å². The van der Waals surface area contributed by atoms with Crippen molar-refractivity contribution in [3.8, 4) is 5.75 Å². The van der Waals surface area contributed by atoms with Gasteiger partial charge in [0.15, 0.2) is 5.75 Å². The lowest BCUT2D eigenvalue weighted by Gasteiger charge is -2.39. The number of halogens is 2. The Labute approximate surface area is 148 Å². The number of hydrogen-bond donors (Lipinski definition) is 1. The summed E-state index contributed by atoms with van der Waals surface area (Å²) in [4.78, 5) is 7.25. The molecule has 0 radical (unpaired) electrons. The summed E-state index contributed by atoms with van der Waals surface area (Å²) in [5.41, 5.74) is 6.87. The second-order valence-electron chi connectivity index (χ2n) is 7.01. The van der Waals surface area contributed by atoms with E-state index in [0.717, 1.165) is 44.7 Å². The summed E-state index contributed by atoms with van der Waals surface area (Å²) < 4.78 is 29.5. The Morgan fingerprint density at radius 2 is 1.84 bits per heavy atom. The van der Waals surface area contributed by atoms with Crippen LogP contribution in [0.3, 0.4) is 0 Å². The van der Waals surface area contributed by atoms with Crippen molar-refractivity contribution in [2.24, 2.45) is 0 Å². The second kappa shape index (κ2) is 8.19. The molecule has 0 saturated carbocycles. The second-order valence-corrected chi connectivity index (χ2v) is 7.01. The number of piperidine rings is 1. The van der Waals surface area contributed by atoms with Crippen LogP contribution >= 0.6 is 0 Å². The predicted molar refractivity (Wildman–Crippen MR) is 96.4 cm³/mol. The molecule has 2 aliphatic rings. The third kappa shape index (κ3) is 4.73. The van der Waals surface area contributed by atoms with Crippen LogP contribution in [0.2, 0.25) is 0 Å². The lowest BCUT2D eigenvalue weighted by atomic mass is 10.0. The zero-order valence-electron chi connectivity index (χ0n) is 14.8. The third-order valence-electron chi connectivity index (χ3n) is 5.31. The summed E-state index contributed by atoms with van der Waals surface area (Å²) in [6.07, 6.45) is 3.42. The molecule has 0 aromatic heterocycles. The zero-order valence-corrected chi connectivity index (χ0v) is 14.8. The largest absolute Gasteiger partial charge is 0.433 e. The highest BCUT2D eigenvalue weighted by molar-refractivity contribution is 5.62. The van der Waals surface area contributed by atoms with E-state index in [2.05, 4.69) is 26.5 Å². The number of nitrogen functional groups attached to an aromatic ring is 1. The van der Waals surface area contributed by atoms with Crippen molar-refractivity contribution in [2.75, 3.05) is 56.9 Å². The Hall–Kier alpha value is -1.60. The van der Waals surface area contributed by atoms with Gasteiger partial charge in [0.25, 0.3) is 0 Å². The number of rotatable bonds is 4. The number of hydrogen-bond acceptors (Lipinski definition) is 5. The fraction of sp³-hybridized carbons (Fsp3) is 0.667. The Morgan fingerprint density at radius 1 is 1.08 bits per heavy atom. The van der Waals surface area contributed by atoms with Crippen LogP contribution in [0, 0.1) is 0 Å². The molecule has 0 aliphatic carbocycles. The monoisotopic (exact) mass is 354 g/mol. The van der Waals surface area contributed by atoms with Gasteiger partial charge in [-0.15, -0.1) is 0 Å². The van der Waals surface area contributed by atoms with Crippen LogP contribution in [0.4, 0.5) is 20.2 Å². The molecule has 1 aromatic carbocycles. The maximum atomic E-state index is 12.5. The van der Waals surface area contributed by atoms with E-state index in [4.69, 9.17) is 5.73 Å². The molecular weight excluding hydrogens is 326 g/mol. The standard InChI is InChI=1S/C18H28F2N4O/c1-22-7-2-8-23(12-11-22)14-5-9-24(10-6-14)15-3-4-16(21)17(13-15)25-18(19)20/h3-4,13-14,18H,2,5-12,21H2,1H3. The van der Waals surface area contributed by atoms with Crippen LogP contribution in [-0.4, -0.2) is 68.8 Å². The maximum Gasteiger partial charge on any atom is 0.387 e. The van der Waals surface area contributed by atoms with E-state index in [9.17, 15) is 8.78 Å². The number of nitrogens with zero attached hydrogens (tertiary/aromatic N) is 3. The van der Waals surface area contributed by atoms with Crippen LogP contribution in [0.15, 0.2) is 18.2 Å². The molecule has 1 aromatic rings. The van der Waals surface area contributed by atoms with Gasteiger partial charge in [-0.25, -0.2) is 0 Å². The molecule has 5 nitrogen and oxygen atoms in total. The number of alkyl halides is 2. The van der Waals surface area contributed by atoms with Crippen molar-refractivity contribution >= 4 is 11.4 Å². The SMILES string of the molecule is CN1CCCN(C2CCN(c3ccc(N)c(OC(F)F)c3)CC2)CC1. The third-order valence-corrected chi connectivity index (χ3v) is 5.31. The van der Waals surface area contributed by atoms with Gasteiger partial charge >= 0.3 is 6.61 Å². The Balaban J connectivity index is 1.58. The van der Waals surface area contributed by atoms with Crippen molar-refractivity contribution < 1.29 is 13.5 Å². The van der Waals surface area contributed by atoms with Crippen molar-refractivity contribution in [2.45, 2.75) is 31.9 Å². The van der Waals surface area contributed by atoms with Crippen molar-refractivity contribution in [3.05, 3.63) is 18.2 Å². The molecule has 2 N–H and O–H groups in total. The Morgan fingerprint density at radius 3 is 2.56 bits per heavy atom. The average Bonchev–Trinajstić information content (AvgIpc) is 2.81. The minimum absolute atomic E-state index is 0.0604. The first-order valence-electron chi connectivity index (χ1n) is 9.05. The van der Waals surface area contributed by atoms with Crippen molar-refractivity contribution in [1.82, 2.24) is 9.80 Å². The summed E-state index contributed by atoms with van der Waals surface area (Å²) in [6.45, 7) is 3.60.